The van der Waals surface area contributed by atoms with E-state index in [-0.39, 0.29) is 11.7 Å². The molecular weight excluding hydrogens is 497 g/mol. The van der Waals surface area contributed by atoms with Gasteiger partial charge in [0.2, 0.25) is 0 Å². The van der Waals surface area contributed by atoms with Crippen LogP contribution in [0, 0.1) is 5.82 Å². The summed E-state index contributed by atoms with van der Waals surface area (Å²) in [5, 5.41) is 3.52. The highest BCUT2D eigenvalue weighted by atomic mass is 32.2. The second kappa shape index (κ2) is 12.1. The number of benzene rings is 3. The third-order valence-corrected chi connectivity index (χ3v) is 7.40. The van der Waals surface area contributed by atoms with Crippen LogP contribution in [0.5, 0.6) is 0 Å². The van der Waals surface area contributed by atoms with Crippen molar-refractivity contribution < 1.29 is 9.18 Å². The van der Waals surface area contributed by atoms with E-state index in [1.54, 1.807) is 17.8 Å². The number of rotatable bonds is 8. The second-order valence-electron chi connectivity index (χ2n) is 9.03. The zero-order valence-electron chi connectivity index (χ0n) is 21.3. The first-order valence-corrected chi connectivity index (χ1v) is 13.8. The van der Waals surface area contributed by atoms with Crippen LogP contribution in [-0.2, 0) is 5.75 Å². The van der Waals surface area contributed by atoms with Gasteiger partial charge in [-0.2, -0.15) is 0 Å². The largest absolute Gasteiger partial charge is 0.366 e. The quantitative estimate of drug-likeness (QED) is 0.236. The van der Waals surface area contributed by atoms with Crippen LogP contribution in [0.3, 0.4) is 0 Å². The Kier molecular flexibility index (Phi) is 8.19. The van der Waals surface area contributed by atoms with Gasteiger partial charge >= 0.3 is 0 Å². The van der Waals surface area contributed by atoms with Crippen molar-refractivity contribution in [2.24, 2.45) is 0 Å². The number of para-hydroxylation sites is 1. The summed E-state index contributed by atoms with van der Waals surface area (Å²) in [6.07, 6.45) is 0. The maximum atomic E-state index is 14.3. The zero-order valence-corrected chi connectivity index (χ0v) is 22.1. The lowest BCUT2D eigenvalue weighted by atomic mass is 10.1. The number of hydrogen-bond acceptors (Lipinski definition) is 6. The van der Waals surface area contributed by atoms with E-state index in [1.165, 1.54) is 6.07 Å². The van der Waals surface area contributed by atoms with E-state index >= 15 is 0 Å². The molecule has 1 N–H and O–H groups in total. The molecule has 0 radical (unpaired) electrons. The molecule has 2 heterocycles. The Labute approximate surface area is 226 Å². The molecular formula is C30H30FN5OS. The number of carbonyl (C=O) groups is 1. The number of piperazine rings is 1. The van der Waals surface area contributed by atoms with E-state index in [0.29, 0.717) is 41.8 Å². The molecule has 38 heavy (non-hydrogen) atoms. The number of carbonyl (C=O) groups excluding carboxylic acids is 1. The standard InChI is InChI=1S/C30H30FN5OS/c1-2-32-29(37)24-14-12-22(13-15-24)21-38-30-33-26(23-8-4-3-5-9-23)20-28(34-30)36-18-16-35(17-19-36)27-11-7-6-10-25(27)31/h3-15,20H,2,16-19,21H2,1H3,(H,32,37). The Morgan fingerprint density at radius 1 is 0.895 bits per heavy atom. The molecule has 5 rings (SSSR count). The molecule has 194 valence electrons. The summed E-state index contributed by atoms with van der Waals surface area (Å²) < 4.78 is 14.3. The van der Waals surface area contributed by atoms with Gasteiger partial charge in [0.1, 0.15) is 11.6 Å². The summed E-state index contributed by atoms with van der Waals surface area (Å²) in [6.45, 7) is 5.42. The molecule has 0 bridgehead atoms. The Bertz CT molecular complexity index is 1380. The lowest BCUT2D eigenvalue weighted by Crippen LogP contribution is -2.47. The minimum atomic E-state index is -0.188. The molecule has 0 unspecified atom stereocenters. The fourth-order valence-electron chi connectivity index (χ4n) is 4.44. The topological polar surface area (TPSA) is 61.4 Å². The van der Waals surface area contributed by atoms with E-state index < -0.39 is 0 Å². The lowest BCUT2D eigenvalue weighted by Gasteiger charge is -2.37. The van der Waals surface area contributed by atoms with Crippen LogP contribution in [0.2, 0.25) is 0 Å². The van der Waals surface area contributed by atoms with Crippen LogP contribution < -0.4 is 15.1 Å². The van der Waals surface area contributed by atoms with Gasteiger partial charge in [0, 0.05) is 55.7 Å². The number of nitrogens with one attached hydrogen (secondary N) is 1. The fraction of sp³-hybridized carbons (Fsp3) is 0.233. The minimum Gasteiger partial charge on any atom is -0.366 e. The highest BCUT2D eigenvalue weighted by Gasteiger charge is 2.21. The Morgan fingerprint density at radius 3 is 2.29 bits per heavy atom. The van der Waals surface area contributed by atoms with E-state index in [0.717, 1.165) is 35.7 Å². The number of aromatic nitrogens is 2. The smallest absolute Gasteiger partial charge is 0.251 e. The van der Waals surface area contributed by atoms with Gasteiger partial charge in [-0.3, -0.25) is 4.79 Å². The van der Waals surface area contributed by atoms with Crippen molar-refractivity contribution in [3.05, 3.63) is 102 Å². The van der Waals surface area contributed by atoms with Gasteiger partial charge in [0.25, 0.3) is 5.91 Å². The van der Waals surface area contributed by atoms with Crippen LogP contribution in [0.1, 0.15) is 22.8 Å². The molecule has 0 atom stereocenters. The third kappa shape index (κ3) is 6.14. The summed E-state index contributed by atoms with van der Waals surface area (Å²) >= 11 is 1.57. The second-order valence-corrected chi connectivity index (χ2v) is 9.97. The molecule has 1 amide bonds. The van der Waals surface area contributed by atoms with Gasteiger partial charge in [-0.25, -0.2) is 14.4 Å². The number of hydrogen-bond donors (Lipinski definition) is 1. The van der Waals surface area contributed by atoms with Gasteiger partial charge < -0.3 is 15.1 Å². The monoisotopic (exact) mass is 527 g/mol. The maximum Gasteiger partial charge on any atom is 0.251 e. The Hall–Kier alpha value is -3.91. The zero-order chi connectivity index (χ0) is 26.3. The highest BCUT2D eigenvalue weighted by Crippen LogP contribution is 2.29. The summed E-state index contributed by atoms with van der Waals surface area (Å²) in [5.41, 5.74) is 4.31. The summed E-state index contributed by atoms with van der Waals surface area (Å²) in [4.78, 5) is 26.1. The molecule has 1 aliphatic heterocycles. The van der Waals surface area contributed by atoms with E-state index in [4.69, 9.17) is 9.97 Å². The summed E-state index contributed by atoms with van der Waals surface area (Å²) in [6, 6.07) is 26.7. The van der Waals surface area contributed by atoms with Crippen molar-refractivity contribution >= 4 is 29.2 Å². The van der Waals surface area contributed by atoms with Gasteiger partial charge in [-0.1, -0.05) is 66.4 Å². The van der Waals surface area contributed by atoms with Crippen molar-refractivity contribution in [2.75, 3.05) is 42.5 Å². The van der Waals surface area contributed by atoms with Crippen molar-refractivity contribution in [3.63, 3.8) is 0 Å². The first kappa shape index (κ1) is 25.7. The van der Waals surface area contributed by atoms with Crippen LogP contribution in [0.25, 0.3) is 11.3 Å². The average Bonchev–Trinajstić information content (AvgIpc) is 2.97. The molecule has 0 saturated carbocycles. The van der Waals surface area contributed by atoms with Crippen LogP contribution >= 0.6 is 11.8 Å². The number of nitrogens with zero attached hydrogens (tertiary/aromatic N) is 4. The summed E-state index contributed by atoms with van der Waals surface area (Å²) in [7, 11) is 0. The number of thioether (sulfide) groups is 1. The molecule has 1 saturated heterocycles. The lowest BCUT2D eigenvalue weighted by molar-refractivity contribution is 0.0956. The van der Waals surface area contributed by atoms with E-state index in [9.17, 15) is 9.18 Å². The van der Waals surface area contributed by atoms with Crippen molar-refractivity contribution in [1.29, 1.82) is 0 Å². The Morgan fingerprint density at radius 2 is 1.58 bits per heavy atom. The normalized spacial score (nSPS) is 13.4. The third-order valence-electron chi connectivity index (χ3n) is 6.48. The highest BCUT2D eigenvalue weighted by molar-refractivity contribution is 7.98. The minimum absolute atomic E-state index is 0.0645. The molecule has 3 aromatic carbocycles. The molecule has 8 heteroatoms. The molecule has 1 aromatic heterocycles. The number of amides is 1. The van der Waals surface area contributed by atoms with Gasteiger partial charge in [0.15, 0.2) is 5.16 Å². The van der Waals surface area contributed by atoms with Gasteiger partial charge in [0.05, 0.1) is 11.4 Å². The van der Waals surface area contributed by atoms with Gasteiger partial charge in [-0.15, -0.1) is 0 Å². The molecule has 0 spiro atoms. The maximum absolute atomic E-state index is 14.3. The average molecular weight is 528 g/mol. The molecule has 4 aromatic rings. The number of halogens is 1. The fourth-order valence-corrected chi connectivity index (χ4v) is 5.25. The van der Waals surface area contributed by atoms with Crippen molar-refractivity contribution in [2.45, 2.75) is 17.8 Å². The van der Waals surface area contributed by atoms with Crippen molar-refractivity contribution in [1.82, 2.24) is 15.3 Å². The van der Waals surface area contributed by atoms with E-state index in [2.05, 4.69) is 27.2 Å². The molecule has 1 fully saturated rings. The van der Waals surface area contributed by atoms with Gasteiger partial charge in [-0.05, 0) is 36.8 Å². The first-order valence-electron chi connectivity index (χ1n) is 12.8. The van der Waals surface area contributed by atoms with Crippen LogP contribution in [-0.4, -0.2) is 48.6 Å². The molecule has 6 nitrogen and oxygen atoms in total. The number of anilines is 2. The van der Waals surface area contributed by atoms with E-state index in [1.807, 2.05) is 67.6 Å². The summed E-state index contributed by atoms with van der Waals surface area (Å²) in [5.74, 6) is 1.31. The van der Waals surface area contributed by atoms with Crippen LogP contribution in [0.4, 0.5) is 15.9 Å². The molecule has 0 aliphatic carbocycles. The SMILES string of the molecule is CCNC(=O)c1ccc(CSc2nc(-c3ccccc3)cc(N3CCN(c4ccccc4F)CC3)n2)cc1. The first-order chi connectivity index (χ1) is 18.6. The van der Waals surface area contributed by atoms with Crippen molar-refractivity contribution in [3.8, 4) is 11.3 Å². The van der Waals surface area contributed by atoms with Crippen LogP contribution in [0.15, 0.2) is 90.1 Å². The predicted molar refractivity (Wildman–Crippen MR) is 152 cm³/mol. The predicted octanol–water partition coefficient (Wildman–Crippen LogP) is 5.65. The Balaban J connectivity index is 1.33. The molecule has 1 aliphatic rings.